The molecule has 0 aliphatic carbocycles. The summed E-state index contributed by atoms with van der Waals surface area (Å²) in [5.74, 6) is 0.690. The molecular weight excluding hydrogens is 192 g/mol. The predicted octanol–water partition coefficient (Wildman–Crippen LogP) is 1.98. The van der Waals surface area contributed by atoms with Crippen LogP contribution in [0.5, 0.6) is 0 Å². The van der Waals surface area contributed by atoms with Crippen LogP contribution in [0.15, 0.2) is 0 Å². The molecule has 0 amide bonds. The molecule has 3 nitrogen and oxygen atoms in total. The molecule has 0 bridgehead atoms. The maximum absolute atomic E-state index is 9.33. The lowest BCUT2D eigenvalue weighted by Crippen LogP contribution is -2.20. The van der Waals surface area contributed by atoms with Crippen LogP contribution >= 0.6 is 0 Å². The lowest BCUT2D eigenvalue weighted by atomic mass is 10.0. The Labute approximate surface area is 92.8 Å². The molecule has 0 saturated carbocycles. The van der Waals surface area contributed by atoms with Gasteiger partial charge in [-0.3, -0.25) is 0 Å². The summed E-state index contributed by atoms with van der Waals surface area (Å²) in [6.45, 7) is 5.44. The van der Waals surface area contributed by atoms with E-state index in [0.29, 0.717) is 5.92 Å². The fraction of sp³-hybridized carbons (Fsp3) is 1.00. The summed E-state index contributed by atoms with van der Waals surface area (Å²) in [5, 5.41) is 9.33. The number of hydrogen-bond acceptors (Lipinski definition) is 3. The molecule has 1 saturated heterocycles. The first-order chi connectivity index (χ1) is 7.33. The maximum atomic E-state index is 9.33. The van der Waals surface area contributed by atoms with E-state index in [1.165, 1.54) is 0 Å². The first-order valence-corrected chi connectivity index (χ1v) is 6.16. The van der Waals surface area contributed by atoms with Crippen LogP contribution in [0.4, 0.5) is 0 Å². The summed E-state index contributed by atoms with van der Waals surface area (Å²) in [6.07, 6.45) is 4.81. The molecule has 0 aromatic rings. The molecule has 90 valence electrons. The largest absolute Gasteiger partial charge is 0.393 e. The van der Waals surface area contributed by atoms with Crippen molar-refractivity contribution in [3.63, 3.8) is 0 Å². The molecular formula is C12H24O3. The Morgan fingerprint density at radius 2 is 2.13 bits per heavy atom. The fourth-order valence-electron chi connectivity index (χ4n) is 1.79. The topological polar surface area (TPSA) is 38.7 Å². The average Bonchev–Trinajstić information content (AvgIpc) is 2.29. The Hall–Kier alpha value is -0.120. The minimum absolute atomic E-state index is 0.142. The van der Waals surface area contributed by atoms with Crippen molar-refractivity contribution in [1.29, 1.82) is 0 Å². The number of aliphatic hydroxyl groups excluding tert-OH is 1. The lowest BCUT2D eigenvalue weighted by molar-refractivity contribution is 0.0177. The molecule has 3 heteroatoms. The molecule has 1 N–H and O–H groups in total. The monoisotopic (exact) mass is 216 g/mol. The van der Waals surface area contributed by atoms with Crippen molar-refractivity contribution in [2.75, 3.05) is 26.4 Å². The van der Waals surface area contributed by atoms with Gasteiger partial charge >= 0.3 is 0 Å². The highest BCUT2D eigenvalue weighted by Gasteiger charge is 2.13. The average molecular weight is 216 g/mol. The standard InChI is InChI=1S/C12H24O3/c1-2-12(13)4-3-7-15-10-11-5-8-14-9-6-11/h11-13H,2-10H2,1H3. The summed E-state index contributed by atoms with van der Waals surface area (Å²) in [5.41, 5.74) is 0. The first-order valence-electron chi connectivity index (χ1n) is 6.16. The van der Waals surface area contributed by atoms with Crippen LogP contribution in [0.3, 0.4) is 0 Å². The first kappa shape index (κ1) is 12.9. The van der Waals surface area contributed by atoms with Crippen molar-refractivity contribution in [1.82, 2.24) is 0 Å². The van der Waals surface area contributed by atoms with Crippen LogP contribution in [0.25, 0.3) is 0 Å². The van der Waals surface area contributed by atoms with E-state index in [-0.39, 0.29) is 6.10 Å². The smallest absolute Gasteiger partial charge is 0.0538 e. The Balaban J connectivity index is 1.87. The van der Waals surface area contributed by atoms with Gasteiger partial charge in [0.2, 0.25) is 0 Å². The van der Waals surface area contributed by atoms with Gasteiger partial charge in [0.05, 0.1) is 6.10 Å². The molecule has 0 aromatic carbocycles. The molecule has 0 spiro atoms. The Kier molecular flexibility index (Phi) is 6.98. The normalized spacial score (nSPS) is 20.4. The lowest BCUT2D eigenvalue weighted by Gasteiger charge is -2.21. The van der Waals surface area contributed by atoms with E-state index in [1.54, 1.807) is 0 Å². The van der Waals surface area contributed by atoms with Gasteiger partial charge in [-0.25, -0.2) is 0 Å². The predicted molar refractivity (Wildman–Crippen MR) is 59.9 cm³/mol. The zero-order valence-electron chi connectivity index (χ0n) is 9.78. The zero-order chi connectivity index (χ0) is 10.9. The number of rotatable bonds is 7. The minimum atomic E-state index is -0.142. The number of aliphatic hydroxyl groups is 1. The van der Waals surface area contributed by atoms with E-state index >= 15 is 0 Å². The summed E-state index contributed by atoms with van der Waals surface area (Å²) >= 11 is 0. The maximum Gasteiger partial charge on any atom is 0.0538 e. The molecule has 1 unspecified atom stereocenters. The highest BCUT2D eigenvalue weighted by Crippen LogP contribution is 2.14. The third kappa shape index (κ3) is 6.13. The SMILES string of the molecule is CCC(O)CCCOCC1CCOCC1. The Bertz CT molecular complexity index is 144. The van der Waals surface area contributed by atoms with Crippen LogP contribution < -0.4 is 0 Å². The van der Waals surface area contributed by atoms with Crippen molar-refractivity contribution >= 4 is 0 Å². The van der Waals surface area contributed by atoms with Gasteiger partial charge in [-0.2, -0.15) is 0 Å². The third-order valence-corrected chi connectivity index (χ3v) is 2.99. The molecule has 1 rings (SSSR count). The molecule has 0 aromatic heterocycles. The summed E-state index contributed by atoms with van der Waals surface area (Å²) in [7, 11) is 0. The van der Waals surface area contributed by atoms with E-state index in [4.69, 9.17) is 9.47 Å². The molecule has 1 heterocycles. The number of ether oxygens (including phenoxy) is 2. The second kappa shape index (κ2) is 8.08. The molecule has 0 radical (unpaired) electrons. The van der Waals surface area contributed by atoms with Crippen molar-refractivity contribution in [3.8, 4) is 0 Å². The van der Waals surface area contributed by atoms with Crippen LogP contribution in [-0.2, 0) is 9.47 Å². The van der Waals surface area contributed by atoms with Gasteiger partial charge in [-0.15, -0.1) is 0 Å². The van der Waals surface area contributed by atoms with E-state index in [1.807, 2.05) is 6.92 Å². The van der Waals surface area contributed by atoms with Gasteiger partial charge in [0.25, 0.3) is 0 Å². The highest BCUT2D eigenvalue weighted by atomic mass is 16.5. The van der Waals surface area contributed by atoms with Gasteiger partial charge in [0.15, 0.2) is 0 Å². The minimum Gasteiger partial charge on any atom is -0.393 e. The van der Waals surface area contributed by atoms with Crippen molar-refractivity contribution in [2.24, 2.45) is 5.92 Å². The zero-order valence-corrected chi connectivity index (χ0v) is 9.78. The molecule has 1 fully saturated rings. The van der Waals surface area contributed by atoms with Crippen molar-refractivity contribution in [3.05, 3.63) is 0 Å². The van der Waals surface area contributed by atoms with Crippen molar-refractivity contribution in [2.45, 2.75) is 45.1 Å². The second-order valence-corrected chi connectivity index (χ2v) is 4.33. The van der Waals surface area contributed by atoms with Crippen LogP contribution in [0.2, 0.25) is 0 Å². The van der Waals surface area contributed by atoms with E-state index in [0.717, 1.165) is 58.5 Å². The van der Waals surface area contributed by atoms with Crippen LogP contribution in [0, 0.1) is 5.92 Å². The van der Waals surface area contributed by atoms with Gasteiger partial charge in [-0.05, 0) is 38.0 Å². The summed E-state index contributed by atoms with van der Waals surface area (Å²) < 4.78 is 10.9. The Morgan fingerprint density at radius 1 is 1.40 bits per heavy atom. The van der Waals surface area contributed by atoms with Crippen molar-refractivity contribution < 1.29 is 14.6 Å². The summed E-state index contributed by atoms with van der Waals surface area (Å²) in [4.78, 5) is 0. The van der Waals surface area contributed by atoms with Gasteiger partial charge < -0.3 is 14.6 Å². The fourth-order valence-corrected chi connectivity index (χ4v) is 1.79. The van der Waals surface area contributed by atoms with Gasteiger partial charge in [0.1, 0.15) is 0 Å². The van der Waals surface area contributed by atoms with E-state index < -0.39 is 0 Å². The molecule has 1 atom stereocenters. The molecule has 15 heavy (non-hydrogen) atoms. The van der Waals surface area contributed by atoms with E-state index in [9.17, 15) is 5.11 Å². The van der Waals surface area contributed by atoms with Crippen LogP contribution in [0.1, 0.15) is 39.0 Å². The second-order valence-electron chi connectivity index (χ2n) is 4.33. The highest BCUT2D eigenvalue weighted by molar-refractivity contribution is 4.62. The molecule has 1 aliphatic rings. The Morgan fingerprint density at radius 3 is 2.80 bits per heavy atom. The van der Waals surface area contributed by atoms with E-state index in [2.05, 4.69) is 0 Å². The quantitative estimate of drug-likeness (QED) is 0.661. The van der Waals surface area contributed by atoms with Crippen LogP contribution in [-0.4, -0.2) is 37.6 Å². The summed E-state index contributed by atoms with van der Waals surface area (Å²) in [6, 6.07) is 0. The van der Waals surface area contributed by atoms with Gasteiger partial charge in [-0.1, -0.05) is 6.92 Å². The molecule has 1 aliphatic heterocycles. The number of hydrogen-bond donors (Lipinski definition) is 1. The third-order valence-electron chi connectivity index (χ3n) is 2.99. The van der Waals surface area contributed by atoms with Gasteiger partial charge in [0, 0.05) is 26.4 Å².